The molecule has 7 heteroatoms. The molecule has 27 heavy (non-hydrogen) atoms. The van der Waals surface area contributed by atoms with Crippen molar-refractivity contribution in [3.8, 4) is 11.4 Å². The topological polar surface area (TPSA) is 74.0 Å². The highest BCUT2D eigenvalue weighted by molar-refractivity contribution is 5.95. The number of rotatable bonds is 4. The van der Waals surface area contributed by atoms with Gasteiger partial charge in [0.25, 0.3) is 0 Å². The number of aryl methyl sites for hydroxylation is 1. The van der Waals surface area contributed by atoms with Crippen LogP contribution in [0.2, 0.25) is 0 Å². The predicted octanol–water partition coefficient (Wildman–Crippen LogP) is 3.21. The minimum absolute atomic E-state index is 0.0139. The minimum Gasteiger partial charge on any atom is -0.497 e. The monoisotopic (exact) mass is 365 g/mol. The van der Waals surface area contributed by atoms with E-state index in [1.807, 2.05) is 42.2 Å². The third-order valence-corrected chi connectivity index (χ3v) is 5.02. The predicted molar refractivity (Wildman–Crippen MR) is 103 cm³/mol. The molecule has 1 aromatic carbocycles. The SMILES string of the molecule is COc1ccc(-n2cccn2)c([C@H]2CC(=O)Nc3c2c(C(C)C)nn3C)c1. The van der Waals surface area contributed by atoms with Crippen molar-refractivity contribution in [1.29, 1.82) is 0 Å². The van der Waals surface area contributed by atoms with E-state index in [0.29, 0.717) is 6.42 Å². The Kier molecular flexibility index (Phi) is 4.22. The van der Waals surface area contributed by atoms with Gasteiger partial charge in [-0.15, -0.1) is 0 Å². The third kappa shape index (κ3) is 2.89. The molecule has 0 spiro atoms. The van der Waals surface area contributed by atoms with Gasteiger partial charge in [-0.1, -0.05) is 13.8 Å². The molecule has 3 heterocycles. The van der Waals surface area contributed by atoms with Crippen LogP contribution in [0.5, 0.6) is 5.75 Å². The number of fused-ring (bicyclic) bond motifs is 1. The van der Waals surface area contributed by atoms with E-state index in [2.05, 4.69) is 29.4 Å². The number of carbonyl (C=O) groups excluding carboxylic acids is 1. The maximum atomic E-state index is 12.5. The largest absolute Gasteiger partial charge is 0.497 e. The van der Waals surface area contributed by atoms with Crippen molar-refractivity contribution in [2.24, 2.45) is 7.05 Å². The lowest BCUT2D eigenvalue weighted by Gasteiger charge is -2.27. The Morgan fingerprint density at radius 3 is 2.81 bits per heavy atom. The second-order valence-corrected chi connectivity index (χ2v) is 7.11. The van der Waals surface area contributed by atoms with E-state index in [1.165, 1.54) is 0 Å². The van der Waals surface area contributed by atoms with Gasteiger partial charge >= 0.3 is 0 Å². The van der Waals surface area contributed by atoms with Crippen molar-refractivity contribution in [1.82, 2.24) is 19.6 Å². The van der Waals surface area contributed by atoms with Crippen LogP contribution in [0.1, 0.15) is 48.9 Å². The number of amides is 1. The van der Waals surface area contributed by atoms with Gasteiger partial charge in [0.05, 0.1) is 18.5 Å². The summed E-state index contributed by atoms with van der Waals surface area (Å²) in [7, 11) is 3.52. The van der Waals surface area contributed by atoms with E-state index in [0.717, 1.165) is 34.1 Å². The molecule has 4 rings (SSSR count). The molecule has 1 N–H and O–H groups in total. The van der Waals surface area contributed by atoms with Crippen LogP contribution in [0.15, 0.2) is 36.7 Å². The number of carbonyl (C=O) groups is 1. The Morgan fingerprint density at radius 2 is 2.15 bits per heavy atom. The molecule has 0 bridgehead atoms. The zero-order chi connectivity index (χ0) is 19.1. The summed E-state index contributed by atoms with van der Waals surface area (Å²) in [5.74, 6) is 1.64. The van der Waals surface area contributed by atoms with Crippen LogP contribution >= 0.6 is 0 Å². The molecule has 0 fully saturated rings. The van der Waals surface area contributed by atoms with Gasteiger partial charge in [0, 0.05) is 37.3 Å². The summed E-state index contributed by atoms with van der Waals surface area (Å²) < 4.78 is 9.06. The second-order valence-electron chi connectivity index (χ2n) is 7.11. The minimum atomic E-state index is -0.117. The van der Waals surface area contributed by atoms with Crippen molar-refractivity contribution in [3.05, 3.63) is 53.5 Å². The van der Waals surface area contributed by atoms with E-state index in [4.69, 9.17) is 4.74 Å². The van der Waals surface area contributed by atoms with Gasteiger partial charge in [0.2, 0.25) is 5.91 Å². The molecule has 1 amide bonds. The first-order valence-corrected chi connectivity index (χ1v) is 9.04. The number of nitrogens with zero attached hydrogens (tertiary/aromatic N) is 4. The summed E-state index contributed by atoms with van der Waals surface area (Å²) in [5, 5.41) is 12.1. The van der Waals surface area contributed by atoms with Crippen molar-refractivity contribution in [2.45, 2.75) is 32.1 Å². The number of benzene rings is 1. The van der Waals surface area contributed by atoms with Crippen LogP contribution in [-0.4, -0.2) is 32.6 Å². The molecule has 0 saturated carbocycles. The first-order chi connectivity index (χ1) is 13.0. The molecule has 2 aromatic heterocycles. The van der Waals surface area contributed by atoms with Crippen LogP contribution in [-0.2, 0) is 11.8 Å². The third-order valence-electron chi connectivity index (χ3n) is 5.02. The lowest BCUT2D eigenvalue weighted by Crippen LogP contribution is -2.25. The maximum Gasteiger partial charge on any atom is 0.226 e. The zero-order valence-corrected chi connectivity index (χ0v) is 15.9. The van der Waals surface area contributed by atoms with Crippen LogP contribution < -0.4 is 10.1 Å². The van der Waals surface area contributed by atoms with Crippen molar-refractivity contribution < 1.29 is 9.53 Å². The van der Waals surface area contributed by atoms with E-state index < -0.39 is 0 Å². The Labute approximate surface area is 157 Å². The lowest BCUT2D eigenvalue weighted by molar-refractivity contribution is -0.116. The lowest BCUT2D eigenvalue weighted by atomic mass is 9.83. The quantitative estimate of drug-likeness (QED) is 0.770. The molecular weight excluding hydrogens is 342 g/mol. The van der Waals surface area contributed by atoms with Crippen molar-refractivity contribution in [2.75, 3.05) is 12.4 Å². The van der Waals surface area contributed by atoms with Crippen LogP contribution in [0.3, 0.4) is 0 Å². The molecule has 140 valence electrons. The number of ether oxygens (including phenoxy) is 1. The molecule has 0 aliphatic carbocycles. The highest BCUT2D eigenvalue weighted by Crippen LogP contribution is 2.43. The van der Waals surface area contributed by atoms with Gasteiger partial charge in [-0.2, -0.15) is 10.2 Å². The summed E-state index contributed by atoms with van der Waals surface area (Å²) in [4.78, 5) is 12.5. The first kappa shape index (κ1) is 17.3. The van der Waals surface area contributed by atoms with Gasteiger partial charge in [-0.3, -0.25) is 9.48 Å². The summed E-state index contributed by atoms with van der Waals surface area (Å²) >= 11 is 0. The van der Waals surface area contributed by atoms with E-state index >= 15 is 0 Å². The first-order valence-electron chi connectivity index (χ1n) is 9.04. The number of nitrogens with one attached hydrogen (secondary N) is 1. The smallest absolute Gasteiger partial charge is 0.226 e. The molecule has 3 aromatic rings. The maximum absolute atomic E-state index is 12.5. The molecule has 1 aliphatic rings. The normalized spacial score (nSPS) is 16.3. The standard InChI is InChI=1S/C20H23N5O2/c1-12(2)19-18-15(11-17(26)22-20(18)24(3)23-19)14-10-13(27-4)6-7-16(14)25-9-5-8-21-25/h5-10,12,15H,11H2,1-4H3,(H,22,26)/t15-/m1/s1. The number of aromatic nitrogens is 4. The molecule has 7 nitrogen and oxygen atoms in total. The number of hydrogen-bond acceptors (Lipinski definition) is 4. The Bertz CT molecular complexity index is 988. The Hall–Kier alpha value is -3.09. The van der Waals surface area contributed by atoms with Gasteiger partial charge in [-0.05, 0) is 35.7 Å². The molecule has 0 radical (unpaired) electrons. The van der Waals surface area contributed by atoms with E-state index in [1.54, 1.807) is 18.0 Å². The van der Waals surface area contributed by atoms with E-state index in [9.17, 15) is 4.79 Å². The van der Waals surface area contributed by atoms with Crippen LogP contribution in [0.25, 0.3) is 5.69 Å². The molecular formula is C20H23N5O2. The summed E-state index contributed by atoms with van der Waals surface area (Å²) in [6, 6.07) is 7.79. The average molecular weight is 365 g/mol. The Morgan fingerprint density at radius 1 is 1.33 bits per heavy atom. The molecule has 1 aliphatic heterocycles. The van der Waals surface area contributed by atoms with Crippen LogP contribution in [0, 0.1) is 0 Å². The van der Waals surface area contributed by atoms with Gasteiger partial charge in [-0.25, -0.2) is 4.68 Å². The van der Waals surface area contributed by atoms with Crippen molar-refractivity contribution >= 4 is 11.7 Å². The van der Waals surface area contributed by atoms with Crippen LogP contribution in [0.4, 0.5) is 5.82 Å². The molecule has 0 saturated heterocycles. The van der Waals surface area contributed by atoms with E-state index in [-0.39, 0.29) is 17.7 Å². The zero-order valence-electron chi connectivity index (χ0n) is 15.9. The van der Waals surface area contributed by atoms with Gasteiger partial charge in [0.1, 0.15) is 11.6 Å². The Balaban J connectivity index is 1.96. The van der Waals surface area contributed by atoms with Gasteiger partial charge in [0.15, 0.2) is 0 Å². The number of methoxy groups -OCH3 is 1. The fraction of sp³-hybridized carbons (Fsp3) is 0.350. The summed E-state index contributed by atoms with van der Waals surface area (Å²) in [5.41, 5.74) is 4.02. The highest BCUT2D eigenvalue weighted by Gasteiger charge is 2.35. The second kappa shape index (κ2) is 6.57. The van der Waals surface area contributed by atoms with Crippen molar-refractivity contribution in [3.63, 3.8) is 0 Å². The number of hydrogen-bond donors (Lipinski definition) is 1. The highest BCUT2D eigenvalue weighted by atomic mass is 16.5. The fourth-order valence-electron chi connectivity index (χ4n) is 3.77. The average Bonchev–Trinajstić information content (AvgIpc) is 3.29. The summed E-state index contributed by atoms with van der Waals surface area (Å²) in [6.07, 6.45) is 4.01. The number of anilines is 1. The summed E-state index contributed by atoms with van der Waals surface area (Å²) in [6.45, 7) is 4.24. The molecule has 1 atom stereocenters. The van der Waals surface area contributed by atoms with Gasteiger partial charge < -0.3 is 10.1 Å². The molecule has 0 unspecified atom stereocenters. The fourth-order valence-corrected chi connectivity index (χ4v) is 3.77.